The van der Waals surface area contributed by atoms with Gasteiger partial charge in [0.05, 0.1) is 6.20 Å². The number of para-hydroxylation sites is 1. The molecule has 2 aromatic carbocycles. The normalized spacial score (nSPS) is 20.3. The number of fused-ring (bicyclic) bond motifs is 20. The smallest absolute Gasteiger partial charge is 0.354 e. The minimum absolute atomic E-state index is 0.447. The highest BCUT2D eigenvalue weighted by molar-refractivity contribution is 6.23. The molecule has 7 heterocycles. The lowest BCUT2D eigenvalue weighted by Gasteiger charge is -2.55. The van der Waals surface area contributed by atoms with Gasteiger partial charge in [-0.05, 0) is 60.1 Å². The molecule has 1 aliphatic carbocycles. The van der Waals surface area contributed by atoms with Gasteiger partial charge in [0, 0.05) is 40.3 Å². The first kappa shape index (κ1) is 23.3. The Kier molecular flexibility index (Phi) is 4.11. The SMILES string of the molecule is CCC12c3c([n+]4c(ccc5nccnc54)c4c3ccc3oc5ccccc5c34)C1(CC)[n+]1ccccc1-c1nc(C)nn12. The van der Waals surface area contributed by atoms with Crippen molar-refractivity contribution < 1.29 is 13.4 Å². The maximum absolute atomic E-state index is 6.42. The zero-order valence-electron chi connectivity index (χ0n) is 24.0. The lowest BCUT2D eigenvalue weighted by Crippen LogP contribution is -2.81. The van der Waals surface area contributed by atoms with Gasteiger partial charge in [-0.25, -0.2) is 14.6 Å². The molecular weight excluding hydrogens is 534 g/mol. The molecule has 6 aromatic heterocycles. The van der Waals surface area contributed by atoms with E-state index in [4.69, 9.17) is 24.5 Å². The number of aromatic nitrogens is 7. The lowest BCUT2D eigenvalue weighted by molar-refractivity contribution is -0.785. The number of furan rings is 1. The average molecular weight is 562 g/mol. The van der Waals surface area contributed by atoms with Gasteiger partial charge in [-0.1, -0.05) is 32.0 Å². The molecule has 2 aliphatic rings. The molecule has 8 nitrogen and oxygen atoms in total. The van der Waals surface area contributed by atoms with Crippen LogP contribution in [0.5, 0.6) is 0 Å². The second-order valence-corrected chi connectivity index (χ2v) is 11.8. The van der Waals surface area contributed by atoms with Gasteiger partial charge in [-0.15, -0.1) is 0 Å². The molecule has 8 heteroatoms. The van der Waals surface area contributed by atoms with Crippen LogP contribution < -0.4 is 8.97 Å². The van der Waals surface area contributed by atoms with Gasteiger partial charge >= 0.3 is 5.65 Å². The van der Waals surface area contributed by atoms with Crippen molar-refractivity contribution in [3.63, 3.8) is 0 Å². The van der Waals surface area contributed by atoms with Crippen LogP contribution in [0, 0.1) is 6.92 Å². The average Bonchev–Trinajstić information content (AvgIpc) is 3.62. The van der Waals surface area contributed by atoms with Crippen LogP contribution in [0.4, 0.5) is 0 Å². The largest absolute Gasteiger partial charge is 0.456 e. The lowest BCUT2D eigenvalue weighted by atomic mass is 9.53. The van der Waals surface area contributed by atoms with E-state index in [9.17, 15) is 0 Å². The fourth-order valence-corrected chi connectivity index (χ4v) is 8.73. The number of hydrogen-bond donors (Lipinski definition) is 0. The van der Waals surface area contributed by atoms with Gasteiger partial charge in [0.15, 0.2) is 29.1 Å². The second kappa shape index (κ2) is 7.58. The summed E-state index contributed by atoms with van der Waals surface area (Å²) in [6.07, 6.45) is 7.48. The van der Waals surface area contributed by atoms with E-state index >= 15 is 0 Å². The summed E-state index contributed by atoms with van der Waals surface area (Å²) in [4.78, 5) is 14.7. The molecule has 2 atom stereocenters. The number of rotatable bonds is 2. The Morgan fingerprint density at radius 2 is 1.70 bits per heavy atom. The Bertz CT molecular complexity index is 2530. The van der Waals surface area contributed by atoms with E-state index in [1.165, 1.54) is 16.6 Å². The number of aryl methyl sites for hydroxylation is 1. The Morgan fingerprint density at radius 1 is 0.837 bits per heavy atom. The third-order valence-electron chi connectivity index (χ3n) is 10.2. The van der Waals surface area contributed by atoms with Crippen LogP contribution in [0.1, 0.15) is 43.8 Å². The predicted molar refractivity (Wildman–Crippen MR) is 163 cm³/mol. The zero-order chi connectivity index (χ0) is 28.7. The van der Waals surface area contributed by atoms with Crippen molar-refractivity contribution in [3.8, 4) is 11.5 Å². The minimum Gasteiger partial charge on any atom is -0.456 e. The quantitative estimate of drug-likeness (QED) is 0.194. The molecule has 0 bridgehead atoms. The number of nitrogens with zero attached hydrogens (tertiary/aromatic N) is 7. The van der Waals surface area contributed by atoms with Gasteiger partial charge in [-0.2, -0.15) is 14.1 Å². The summed E-state index contributed by atoms with van der Waals surface area (Å²) in [6, 6.07) is 23.4. The maximum atomic E-state index is 6.42. The minimum atomic E-state index is -0.482. The zero-order valence-corrected chi connectivity index (χ0v) is 24.0. The van der Waals surface area contributed by atoms with Gasteiger partial charge in [0.1, 0.15) is 22.5 Å². The van der Waals surface area contributed by atoms with Crippen LogP contribution in [-0.4, -0.2) is 24.7 Å². The van der Waals surface area contributed by atoms with Crippen molar-refractivity contribution >= 4 is 49.4 Å². The van der Waals surface area contributed by atoms with Crippen LogP contribution in [0.3, 0.4) is 0 Å². The first-order chi connectivity index (χ1) is 21.1. The Hall–Kier alpha value is -5.24. The molecule has 0 fully saturated rings. The highest BCUT2D eigenvalue weighted by Crippen LogP contribution is 2.62. The molecule has 0 saturated heterocycles. The highest BCUT2D eigenvalue weighted by atomic mass is 16.3. The van der Waals surface area contributed by atoms with Gasteiger partial charge in [-0.3, -0.25) is 0 Å². The van der Waals surface area contributed by atoms with Crippen LogP contribution >= 0.6 is 0 Å². The summed E-state index contributed by atoms with van der Waals surface area (Å²) in [5, 5.41) is 9.76. The summed E-state index contributed by atoms with van der Waals surface area (Å²) < 4.78 is 13.5. The van der Waals surface area contributed by atoms with Gasteiger partial charge in [0.25, 0.3) is 11.2 Å². The van der Waals surface area contributed by atoms with E-state index in [1.807, 2.05) is 19.1 Å². The molecule has 0 N–H and O–H groups in total. The number of benzene rings is 2. The second-order valence-electron chi connectivity index (χ2n) is 11.8. The van der Waals surface area contributed by atoms with Crippen LogP contribution in [0.25, 0.3) is 60.9 Å². The standard InChI is InChI=1S/C35H27N7O/c1-4-34-30-22-13-16-27-29(21-10-6-7-12-26(21)43-27)28(22)24-15-14-23-32(37-18-17-36-23)41(24)31(30)35(34,5-2)40-19-9-8-11-25(40)33-38-20(3)39-42(33)34/h6-19H,4-5H2,1-3H3/q+2. The van der Waals surface area contributed by atoms with E-state index < -0.39 is 11.1 Å². The monoisotopic (exact) mass is 561 g/mol. The van der Waals surface area contributed by atoms with Crippen molar-refractivity contribution in [2.45, 2.75) is 44.7 Å². The van der Waals surface area contributed by atoms with Crippen LogP contribution in [0.15, 0.2) is 89.7 Å². The van der Waals surface area contributed by atoms with E-state index in [2.05, 4.69) is 88.3 Å². The van der Waals surface area contributed by atoms with E-state index in [-0.39, 0.29) is 0 Å². The predicted octanol–water partition coefficient (Wildman–Crippen LogP) is 5.91. The summed E-state index contributed by atoms with van der Waals surface area (Å²) >= 11 is 0. The molecule has 10 rings (SSSR count). The molecule has 0 radical (unpaired) electrons. The summed E-state index contributed by atoms with van der Waals surface area (Å²) in [5.41, 5.74) is 7.19. The fraction of sp³-hybridized carbons (Fsp3) is 0.200. The van der Waals surface area contributed by atoms with E-state index in [1.54, 1.807) is 12.4 Å². The van der Waals surface area contributed by atoms with Crippen molar-refractivity contribution in [3.05, 3.63) is 102 Å². The number of hydrogen-bond acceptors (Lipinski definition) is 5. The molecule has 0 saturated carbocycles. The molecule has 0 amide bonds. The van der Waals surface area contributed by atoms with Crippen molar-refractivity contribution in [1.82, 2.24) is 24.7 Å². The molecular formula is C35H27N7O+2. The highest BCUT2D eigenvalue weighted by Gasteiger charge is 2.77. The first-order valence-corrected chi connectivity index (χ1v) is 15.0. The van der Waals surface area contributed by atoms with Crippen molar-refractivity contribution in [2.75, 3.05) is 0 Å². The molecule has 0 spiro atoms. The topological polar surface area (TPSA) is 77.6 Å². The summed E-state index contributed by atoms with van der Waals surface area (Å²) in [5.74, 6) is 1.68. The molecule has 43 heavy (non-hydrogen) atoms. The maximum Gasteiger partial charge on any atom is 0.354 e. The molecule has 206 valence electrons. The van der Waals surface area contributed by atoms with E-state index in [0.717, 1.165) is 74.2 Å². The number of pyridine rings is 3. The van der Waals surface area contributed by atoms with Gasteiger partial charge < -0.3 is 4.42 Å². The third kappa shape index (κ3) is 2.37. The summed E-state index contributed by atoms with van der Waals surface area (Å²) in [7, 11) is 0. The van der Waals surface area contributed by atoms with Gasteiger partial charge in [0.2, 0.25) is 5.82 Å². The fourth-order valence-electron chi connectivity index (χ4n) is 8.73. The Balaban J connectivity index is 1.55. The Morgan fingerprint density at radius 3 is 2.58 bits per heavy atom. The van der Waals surface area contributed by atoms with E-state index in [0.29, 0.717) is 0 Å². The Labute approximate surface area is 245 Å². The first-order valence-electron chi connectivity index (χ1n) is 15.0. The summed E-state index contributed by atoms with van der Waals surface area (Å²) in [6.45, 7) is 6.58. The van der Waals surface area contributed by atoms with Crippen molar-refractivity contribution in [1.29, 1.82) is 0 Å². The van der Waals surface area contributed by atoms with Crippen LogP contribution in [0.2, 0.25) is 0 Å². The third-order valence-corrected chi connectivity index (χ3v) is 10.2. The molecule has 8 aromatic rings. The molecule has 2 unspecified atom stereocenters. The van der Waals surface area contributed by atoms with Crippen molar-refractivity contribution in [2.24, 2.45) is 0 Å². The van der Waals surface area contributed by atoms with Crippen LogP contribution in [-0.2, 0) is 11.1 Å². The molecule has 1 aliphatic heterocycles.